The molecule has 2 heterocycles. The first-order valence-corrected chi connectivity index (χ1v) is 6.40. The fourth-order valence-electron chi connectivity index (χ4n) is 2.00. The first-order chi connectivity index (χ1) is 8.37. The average molecular weight is 280 g/mol. The van der Waals surface area contributed by atoms with E-state index in [1.165, 1.54) is 16.4 Å². The van der Waals surface area contributed by atoms with Gasteiger partial charge in [0.1, 0.15) is 10.8 Å². The predicted octanol–water partition coefficient (Wildman–Crippen LogP) is 1.72. The van der Waals surface area contributed by atoms with E-state index in [2.05, 4.69) is 9.27 Å². The van der Waals surface area contributed by atoms with Crippen LogP contribution in [-0.2, 0) is 0 Å². The second-order valence-electron chi connectivity index (χ2n) is 4.38. The molecule has 0 aliphatic carbocycles. The number of nitrogens with two attached hydrogens (primary N) is 1. The van der Waals surface area contributed by atoms with E-state index >= 15 is 0 Å². The highest BCUT2D eigenvalue weighted by molar-refractivity contribution is 7.10. The number of piperazine rings is 1. The summed E-state index contributed by atoms with van der Waals surface area (Å²) in [5.41, 5.74) is 6.59. The SMILES string of the molecule is Cc1c(N)nsc1N1CCN(CC(F)(F)F)CC1. The summed E-state index contributed by atoms with van der Waals surface area (Å²) in [5, 5.41) is 0.971. The highest BCUT2D eigenvalue weighted by Crippen LogP contribution is 2.30. The number of nitrogen functional groups attached to an aromatic ring is 1. The van der Waals surface area contributed by atoms with Crippen molar-refractivity contribution < 1.29 is 13.2 Å². The topological polar surface area (TPSA) is 45.4 Å². The van der Waals surface area contributed by atoms with E-state index in [9.17, 15) is 13.2 Å². The molecule has 0 unspecified atom stereocenters. The van der Waals surface area contributed by atoms with Crippen molar-refractivity contribution in [3.8, 4) is 0 Å². The van der Waals surface area contributed by atoms with Crippen molar-refractivity contribution in [1.29, 1.82) is 0 Å². The molecule has 0 spiro atoms. The van der Waals surface area contributed by atoms with Crippen molar-refractivity contribution in [1.82, 2.24) is 9.27 Å². The highest BCUT2D eigenvalue weighted by Gasteiger charge is 2.32. The molecule has 8 heteroatoms. The van der Waals surface area contributed by atoms with Crippen LogP contribution in [0, 0.1) is 6.92 Å². The molecule has 1 aliphatic heterocycles. The van der Waals surface area contributed by atoms with Crippen molar-refractivity contribution in [2.24, 2.45) is 0 Å². The van der Waals surface area contributed by atoms with Crippen LogP contribution in [0.1, 0.15) is 5.56 Å². The molecule has 0 saturated carbocycles. The molecule has 4 nitrogen and oxygen atoms in total. The van der Waals surface area contributed by atoms with Crippen molar-refractivity contribution in [3.63, 3.8) is 0 Å². The van der Waals surface area contributed by atoms with Crippen LogP contribution in [0.25, 0.3) is 0 Å². The van der Waals surface area contributed by atoms with Crippen LogP contribution in [0.4, 0.5) is 24.0 Å². The molecule has 1 aromatic heterocycles. The minimum atomic E-state index is -4.12. The molecule has 1 fully saturated rings. The van der Waals surface area contributed by atoms with Gasteiger partial charge in [-0.25, -0.2) is 0 Å². The normalized spacial score (nSPS) is 18.3. The Kier molecular flexibility index (Phi) is 3.67. The maximum atomic E-state index is 12.2. The van der Waals surface area contributed by atoms with E-state index in [0.29, 0.717) is 32.0 Å². The molecule has 0 amide bonds. The molecular weight excluding hydrogens is 265 g/mol. The lowest BCUT2D eigenvalue weighted by atomic mass is 10.2. The maximum Gasteiger partial charge on any atom is 0.401 e. The molecule has 1 saturated heterocycles. The lowest BCUT2D eigenvalue weighted by molar-refractivity contribution is -0.146. The van der Waals surface area contributed by atoms with Crippen LogP contribution in [-0.4, -0.2) is 48.2 Å². The predicted molar refractivity (Wildman–Crippen MR) is 66.0 cm³/mol. The fraction of sp³-hybridized carbons (Fsp3) is 0.700. The third-order valence-electron chi connectivity index (χ3n) is 3.00. The van der Waals surface area contributed by atoms with Gasteiger partial charge in [0.25, 0.3) is 0 Å². The summed E-state index contributed by atoms with van der Waals surface area (Å²) in [6, 6.07) is 0. The average Bonchev–Trinajstić information content (AvgIpc) is 2.59. The van der Waals surface area contributed by atoms with Crippen LogP contribution >= 0.6 is 11.5 Å². The molecule has 2 rings (SSSR count). The second kappa shape index (κ2) is 4.93. The van der Waals surface area contributed by atoms with Crippen LogP contribution in [0.2, 0.25) is 0 Å². The molecule has 1 aromatic rings. The number of alkyl halides is 3. The summed E-state index contributed by atoms with van der Waals surface area (Å²) in [6.07, 6.45) is -4.12. The van der Waals surface area contributed by atoms with Crippen LogP contribution in [0.5, 0.6) is 0 Å². The zero-order chi connectivity index (χ0) is 13.3. The summed E-state index contributed by atoms with van der Waals surface area (Å²) in [7, 11) is 0. The molecule has 1 aliphatic rings. The van der Waals surface area contributed by atoms with Crippen LogP contribution < -0.4 is 10.6 Å². The van der Waals surface area contributed by atoms with Crippen LogP contribution in [0.3, 0.4) is 0 Å². The number of hydrogen-bond acceptors (Lipinski definition) is 5. The van der Waals surface area contributed by atoms with Gasteiger partial charge in [-0.1, -0.05) is 0 Å². The van der Waals surface area contributed by atoms with Crippen molar-refractivity contribution >= 4 is 22.4 Å². The Morgan fingerprint density at radius 1 is 1.28 bits per heavy atom. The number of nitrogens with zero attached hydrogens (tertiary/aromatic N) is 3. The zero-order valence-electron chi connectivity index (χ0n) is 10.00. The highest BCUT2D eigenvalue weighted by atomic mass is 32.1. The van der Waals surface area contributed by atoms with Crippen LogP contribution in [0.15, 0.2) is 0 Å². The van der Waals surface area contributed by atoms with Gasteiger partial charge < -0.3 is 10.6 Å². The quantitative estimate of drug-likeness (QED) is 0.896. The third-order valence-corrected chi connectivity index (χ3v) is 4.02. The van der Waals surface area contributed by atoms with Gasteiger partial charge >= 0.3 is 6.18 Å². The van der Waals surface area contributed by atoms with E-state index in [1.54, 1.807) is 0 Å². The van der Waals surface area contributed by atoms with Crippen molar-refractivity contribution in [2.75, 3.05) is 43.4 Å². The Balaban J connectivity index is 1.93. The minimum absolute atomic E-state index is 0.413. The first kappa shape index (κ1) is 13.4. The third kappa shape index (κ3) is 3.05. The Hall–Kier alpha value is -1.02. The van der Waals surface area contributed by atoms with Gasteiger partial charge in [0.05, 0.1) is 6.54 Å². The van der Waals surface area contributed by atoms with Gasteiger partial charge in [0.2, 0.25) is 0 Å². The standard InChI is InChI=1S/C10H15F3N4S/c1-7-8(14)15-18-9(7)17-4-2-16(3-5-17)6-10(11,12)13/h2-6H2,1H3,(H2,14,15). The Morgan fingerprint density at radius 2 is 1.89 bits per heavy atom. The van der Waals surface area contributed by atoms with E-state index in [4.69, 9.17) is 5.73 Å². The van der Waals surface area contributed by atoms with Gasteiger partial charge in [-0.3, -0.25) is 4.90 Å². The molecule has 102 valence electrons. The lowest BCUT2D eigenvalue weighted by Gasteiger charge is -2.35. The molecule has 0 aromatic carbocycles. The molecule has 2 N–H and O–H groups in total. The van der Waals surface area contributed by atoms with E-state index in [0.717, 1.165) is 10.6 Å². The minimum Gasteiger partial charge on any atom is -0.383 e. The number of anilines is 2. The number of aromatic nitrogens is 1. The van der Waals surface area contributed by atoms with Crippen molar-refractivity contribution in [2.45, 2.75) is 13.1 Å². The Labute approximate surface area is 107 Å². The fourth-order valence-corrected chi connectivity index (χ4v) is 2.86. The summed E-state index contributed by atoms with van der Waals surface area (Å²) >= 11 is 1.31. The van der Waals surface area contributed by atoms with Gasteiger partial charge in [0.15, 0.2) is 0 Å². The summed E-state index contributed by atoms with van der Waals surface area (Å²) in [5.74, 6) is 0.507. The molecule has 0 bridgehead atoms. The Bertz CT molecular complexity index is 410. The lowest BCUT2D eigenvalue weighted by Crippen LogP contribution is -2.49. The van der Waals surface area contributed by atoms with Gasteiger partial charge in [-0.2, -0.15) is 17.5 Å². The summed E-state index contributed by atoms with van der Waals surface area (Å²) in [4.78, 5) is 3.48. The van der Waals surface area contributed by atoms with Crippen molar-refractivity contribution in [3.05, 3.63) is 5.56 Å². The zero-order valence-corrected chi connectivity index (χ0v) is 10.8. The first-order valence-electron chi connectivity index (χ1n) is 5.62. The largest absolute Gasteiger partial charge is 0.401 e. The number of hydrogen-bond donors (Lipinski definition) is 1. The Morgan fingerprint density at radius 3 is 2.33 bits per heavy atom. The van der Waals surface area contributed by atoms with Gasteiger partial charge in [-0.05, 0) is 18.5 Å². The smallest absolute Gasteiger partial charge is 0.383 e. The summed E-state index contributed by atoms with van der Waals surface area (Å²) < 4.78 is 40.8. The molecule has 0 atom stereocenters. The molecular formula is C10H15F3N4S. The monoisotopic (exact) mass is 280 g/mol. The second-order valence-corrected chi connectivity index (χ2v) is 5.13. The molecule has 18 heavy (non-hydrogen) atoms. The number of halogens is 3. The van der Waals surface area contributed by atoms with Gasteiger partial charge in [0, 0.05) is 31.7 Å². The molecule has 0 radical (unpaired) electrons. The van der Waals surface area contributed by atoms with Gasteiger partial charge in [-0.15, -0.1) is 0 Å². The van der Waals surface area contributed by atoms with E-state index < -0.39 is 12.7 Å². The maximum absolute atomic E-state index is 12.2. The number of rotatable bonds is 2. The summed E-state index contributed by atoms with van der Waals surface area (Å²) in [6.45, 7) is 3.05. The van der Waals surface area contributed by atoms with E-state index in [-0.39, 0.29) is 0 Å². The van der Waals surface area contributed by atoms with E-state index in [1.807, 2.05) is 6.92 Å².